The maximum atomic E-state index is 14.4. The number of halogens is 1. The highest BCUT2D eigenvalue weighted by Crippen LogP contribution is 2.45. The molecule has 1 saturated heterocycles. The summed E-state index contributed by atoms with van der Waals surface area (Å²) in [5, 5.41) is 4.73. The first-order valence-corrected chi connectivity index (χ1v) is 19.1. The fraction of sp³-hybridized carbons (Fsp3) is 0.629. The van der Waals surface area contributed by atoms with E-state index >= 15 is 0 Å². The van der Waals surface area contributed by atoms with Crippen molar-refractivity contribution in [2.75, 3.05) is 6.54 Å². The molecule has 3 aliphatic carbocycles. The molecule has 2 aliphatic heterocycles. The quantitative estimate of drug-likeness (QED) is 0.305. The minimum absolute atomic E-state index is 0.0103. The number of likely N-dealkylation sites (tertiary alicyclic amines) is 1. The Hall–Kier alpha value is -4.21. The number of ether oxygens (including phenoxy) is 2. The zero-order chi connectivity index (χ0) is 36.9. The number of nitrogens with zero attached hydrogens (tertiary/aromatic N) is 2. The fourth-order valence-electron chi connectivity index (χ4n) is 7.25. The Bertz CT molecular complexity index is 1720. The van der Waals surface area contributed by atoms with Crippen molar-refractivity contribution in [3.8, 4) is 0 Å². The third-order valence-electron chi connectivity index (χ3n) is 10.5. The molecule has 4 fully saturated rings. The molecule has 3 N–H and O–H groups in total. The summed E-state index contributed by atoms with van der Waals surface area (Å²) in [6.45, 7) is 8.86. The van der Waals surface area contributed by atoms with Gasteiger partial charge in [0, 0.05) is 24.4 Å². The number of alkyl carbamates (subject to hydrolysis) is 1. The van der Waals surface area contributed by atoms with Crippen molar-refractivity contribution in [3.63, 3.8) is 0 Å². The molecule has 5 atom stereocenters. The highest BCUT2D eigenvalue weighted by Gasteiger charge is 2.62. The normalized spacial score (nSPS) is 26.5. The van der Waals surface area contributed by atoms with Gasteiger partial charge in [-0.25, -0.2) is 22.4 Å². The van der Waals surface area contributed by atoms with E-state index in [0.717, 1.165) is 25.7 Å². The maximum Gasteiger partial charge on any atom is 0.410 e. The summed E-state index contributed by atoms with van der Waals surface area (Å²) in [6.07, 6.45) is 2.81. The van der Waals surface area contributed by atoms with Gasteiger partial charge in [-0.3, -0.25) is 24.0 Å². The molecule has 0 aromatic heterocycles. The number of benzene rings is 1. The Kier molecular flexibility index (Phi) is 9.85. The van der Waals surface area contributed by atoms with E-state index < -0.39 is 86.1 Å². The van der Waals surface area contributed by atoms with Crippen LogP contribution in [0.1, 0.15) is 83.3 Å². The highest BCUT2D eigenvalue weighted by molar-refractivity contribution is 7.91. The monoisotopic (exact) mass is 731 g/mol. The van der Waals surface area contributed by atoms with Gasteiger partial charge in [0.2, 0.25) is 21.8 Å². The van der Waals surface area contributed by atoms with Gasteiger partial charge in [-0.1, -0.05) is 39.0 Å². The van der Waals surface area contributed by atoms with Crippen LogP contribution in [-0.2, 0) is 47.0 Å². The van der Waals surface area contributed by atoms with Crippen molar-refractivity contribution in [1.29, 1.82) is 0 Å². The molecule has 51 heavy (non-hydrogen) atoms. The lowest BCUT2D eigenvalue weighted by Crippen LogP contribution is -2.60. The van der Waals surface area contributed by atoms with Gasteiger partial charge in [-0.05, 0) is 62.0 Å². The first kappa shape index (κ1) is 36.6. The topological polar surface area (TPSA) is 181 Å². The van der Waals surface area contributed by atoms with Crippen molar-refractivity contribution < 1.29 is 46.3 Å². The Morgan fingerprint density at radius 2 is 1.75 bits per heavy atom. The summed E-state index contributed by atoms with van der Waals surface area (Å²) in [6, 6.07) is 2.16. The minimum Gasteiger partial charge on any atom is -0.446 e. The standard InChI is InChI=1S/C35H46FN5O9S/c1-5-21-16-35(21,31(44)39-51(47,48)24-13-14-24)38-29(42)27-15-23(50-33(46)40-17-20-9-8-12-26(36)25(20)19-40)18-41(27)30(43)28(34(2,3)4)37-32(45)49-22-10-6-7-11-22/h5,8-9,12,21-24,27-28H,1,6-7,10-11,13-19H2,2-4H3,(H,37,45)(H,38,42)(H,39,44)/t21-,23+,27?,28+,35-/m0/s1. The average molecular weight is 732 g/mol. The lowest BCUT2D eigenvalue weighted by atomic mass is 9.85. The fourth-order valence-corrected chi connectivity index (χ4v) is 8.61. The van der Waals surface area contributed by atoms with Gasteiger partial charge in [0.05, 0.1) is 18.3 Å². The van der Waals surface area contributed by atoms with Crippen LogP contribution >= 0.6 is 0 Å². The van der Waals surface area contributed by atoms with E-state index in [9.17, 15) is 36.8 Å². The second-order valence-electron chi connectivity index (χ2n) is 15.4. The van der Waals surface area contributed by atoms with Gasteiger partial charge < -0.3 is 25.0 Å². The predicted molar refractivity (Wildman–Crippen MR) is 180 cm³/mol. The van der Waals surface area contributed by atoms with E-state index in [-0.39, 0.29) is 38.6 Å². The number of fused-ring (bicyclic) bond motifs is 1. The maximum absolute atomic E-state index is 14.4. The Labute approximate surface area is 296 Å². The van der Waals surface area contributed by atoms with Crippen LogP contribution in [0.15, 0.2) is 30.9 Å². The Morgan fingerprint density at radius 1 is 1.04 bits per heavy atom. The molecule has 3 saturated carbocycles. The molecule has 14 nitrogen and oxygen atoms in total. The molecule has 6 rings (SSSR count). The average Bonchev–Trinajstić information content (AvgIpc) is 3.85. The molecule has 2 heterocycles. The molecule has 5 aliphatic rings. The minimum atomic E-state index is -3.93. The molecule has 5 amide bonds. The third kappa shape index (κ3) is 7.70. The largest absolute Gasteiger partial charge is 0.446 e. The number of amides is 5. The molecule has 1 aromatic rings. The van der Waals surface area contributed by atoms with Crippen molar-refractivity contribution in [1.82, 2.24) is 25.2 Å². The summed E-state index contributed by atoms with van der Waals surface area (Å²) >= 11 is 0. The highest BCUT2D eigenvalue weighted by atomic mass is 32.2. The van der Waals surface area contributed by atoms with E-state index in [0.29, 0.717) is 24.0 Å². The van der Waals surface area contributed by atoms with Crippen LogP contribution in [-0.4, -0.2) is 89.8 Å². The van der Waals surface area contributed by atoms with Gasteiger partial charge in [-0.15, -0.1) is 6.58 Å². The van der Waals surface area contributed by atoms with Crippen molar-refractivity contribution in [2.45, 2.75) is 120 Å². The molecule has 16 heteroatoms. The molecular formula is C35H46FN5O9S. The smallest absolute Gasteiger partial charge is 0.410 e. The van der Waals surface area contributed by atoms with Crippen LogP contribution in [0.25, 0.3) is 0 Å². The molecule has 1 unspecified atom stereocenters. The number of sulfonamides is 1. The second kappa shape index (κ2) is 13.7. The molecular weight excluding hydrogens is 685 g/mol. The van der Waals surface area contributed by atoms with Crippen LogP contribution in [0.5, 0.6) is 0 Å². The first-order valence-electron chi connectivity index (χ1n) is 17.5. The zero-order valence-corrected chi connectivity index (χ0v) is 29.9. The molecule has 1 aromatic carbocycles. The van der Waals surface area contributed by atoms with Crippen LogP contribution in [0, 0.1) is 17.2 Å². The summed E-state index contributed by atoms with van der Waals surface area (Å²) in [5.41, 5.74) is -1.44. The van der Waals surface area contributed by atoms with Crippen molar-refractivity contribution >= 4 is 39.9 Å². The van der Waals surface area contributed by atoms with Crippen LogP contribution in [0.3, 0.4) is 0 Å². The molecule has 278 valence electrons. The van der Waals surface area contributed by atoms with Gasteiger partial charge in [0.15, 0.2) is 0 Å². The van der Waals surface area contributed by atoms with Crippen LogP contribution < -0.4 is 15.4 Å². The first-order chi connectivity index (χ1) is 24.0. The van der Waals surface area contributed by atoms with Crippen molar-refractivity contribution in [2.24, 2.45) is 11.3 Å². The zero-order valence-electron chi connectivity index (χ0n) is 29.1. The van der Waals surface area contributed by atoms with Gasteiger partial charge in [0.25, 0.3) is 5.91 Å². The summed E-state index contributed by atoms with van der Waals surface area (Å²) in [5.74, 6) is -3.30. The Balaban J connectivity index is 1.22. The Morgan fingerprint density at radius 3 is 2.35 bits per heavy atom. The van der Waals surface area contributed by atoms with E-state index in [4.69, 9.17) is 9.47 Å². The number of hydrogen-bond donors (Lipinski definition) is 3. The summed E-state index contributed by atoms with van der Waals surface area (Å²) in [7, 11) is -3.93. The predicted octanol–water partition coefficient (Wildman–Crippen LogP) is 3.00. The summed E-state index contributed by atoms with van der Waals surface area (Å²) < 4.78 is 53.1. The van der Waals surface area contributed by atoms with Gasteiger partial charge in [-0.2, -0.15) is 0 Å². The number of carbonyl (C=O) groups excluding carboxylic acids is 5. The number of hydrogen-bond acceptors (Lipinski definition) is 9. The van der Waals surface area contributed by atoms with Crippen LogP contribution in [0.2, 0.25) is 0 Å². The van der Waals surface area contributed by atoms with Gasteiger partial charge in [0.1, 0.15) is 35.6 Å². The van der Waals surface area contributed by atoms with E-state index in [1.807, 2.05) is 0 Å². The molecule has 0 spiro atoms. The van der Waals surface area contributed by atoms with E-state index in [2.05, 4.69) is 21.9 Å². The van der Waals surface area contributed by atoms with E-state index in [1.54, 1.807) is 32.9 Å². The number of nitrogens with one attached hydrogen (secondary N) is 3. The van der Waals surface area contributed by atoms with Gasteiger partial charge >= 0.3 is 12.2 Å². The second-order valence-corrected chi connectivity index (χ2v) is 17.4. The lowest BCUT2D eigenvalue weighted by molar-refractivity contribution is -0.143. The number of rotatable bonds is 10. The third-order valence-corrected chi connectivity index (χ3v) is 12.3. The summed E-state index contributed by atoms with van der Waals surface area (Å²) in [4.78, 5) is 70.7. The number of carbonyl (C=O) groups is 5. The SMILES string of the molecule is C=C[C@H]1C[C@@]1(NC(=O)C1C[C@@H](OC(=O)N2Cc3cccc(F)c3C2)CN1C(=O)[C@@H](NC(=O)OC1CCCC1)C(C)(C)C)C(=O)NS(=O)(=O)C1CC1. The van der Waals surface area contributed by atoms with Crippen LogP contribution in [0.4, 0.5) is 14.0 Å². The molecule has 0 bridgehead atoms. The molecule has 0 radical (unpaired) electrons. The lowest BCUT2D eigenvalue weighted by Gasteiger charge is -2.35. The van der Waals surface area contributed by atoms with E-state index in [1.165, 1.54) is 21.9 Å². The van der Waals surface area contributed by atoms with Crippen molar-refractivity contribution in [3.05, 3.63) is 47.8 Å².